The maximum atomic E-state index is 11.7. The molecule has 1 N–H and O–H groups in total. The lowest BCUT2D eigenvalue weighted by Gasteiger charge is -2.19. The average molecular weight is 265 g/mol. The van der Waals surface area contributed by atoms with Gasteiger partial charge < -0.3 is 4.74 Å². The lowest BCUT2D eigenvalue weighted by Crippen LogP contribution is -2.33. The Hall–Kier alpha value is -1.55. The van der Waals surface area contributed by atoms with Gasteiger partial charge in [-0.3, -0.25) is 9.63 Å². The van der Waals surface area contributed by atoms with Crippen molar-refractivity contribution in [3.8, 4) is 5.75 Å². The van der Waals surface area contributed by atoms with E-state index in [1.54, 1.807) is 0 Å². The lowest BCUT2D eigenvalue weighted by molar-refractivity contribution is -0.145. The van der Waals surface area contributed by atoms with E-state index in [1.807, 2.05) is 52.0 Å². The van der Waals surface area contributed by atoms with Gasteiger partial charge in [0.25, 0.3) is 0 Å². The first-order chi connectivity index (χ1) is 8.92. The van der Waals surface area contributed by atoms with Gasteiger partial charge in [-0.15, -0.1) is 0 Å². The Balaban J connectivity index is 2.46. The predicted octanol–water partition coefficient (Wildman–Crippen LogP) is 2.86. The molecule has 0 aliphatic rings. The fourth-order valence-corrected chi connectivity index (χ4v) is 1.52. The molecule has 0 aliphatic carbocycles. The number of hydrogen-bond acceptors (Lipinski definition) is 3. The second kappa shape index (κ2) is 7.14. The zero-order valence-corrected chi connectivity index (χ0v) is 12.2. The number of carbonyl (C=O) groups is 1. The third-order valence-corrected chi connectivity index (χ3v) is 2.36. The molecule has 19 heavy (non-hydrogen) atoms. The number of amides is 1. The predicted molar refractivity (Wildman–Crippen MR) is 74.9 cm³/mol. The molecule has 0 spiro atoms. The number of nitrogens with one attached hydrogen (secondary N) is 1. The van der Waals surface area contributed by atoms with Crippen LogP contribution in [0.25, 0.3) is 0 Å². The molecule has 0 unspecified atom stereocenters. The van der Waals surface area contributed by atoms with Crippen LogP contribution in [0.1, 0.15) is 39.7 Å². The van der Waals surface area contributed by atoms with Gasteiger partial charge in [-0.2, -0.15) is 0 Å². The minimum absolute atomic E-state index is 0.124. The standard InChI is InChI=1S/C15H23NO3/c1-5-18-13-9-7-6-8-12(13)10-11-14(17)16-19-15(2,3)4/h6-9H,5,10-11H2,1-4H3,(H,16,17). The van der Waals surface area contributed by atoms with Crippen molar-refractivity contribution in [3.05, 3.63) is 29.8 Å². The van der Waals surface area contributed by atoms with Gasteiger partial charge >= 0.3 is 0 Å². The fraction of sp³-hybridized carbons (Fsp3) is 0.533. The van der Waals surface area contributed by atoms with Gasteiger partial charge in [0, 0.05) is 6.42 Å². The summed E-state index contributed by atoms with van der Waals surface area (Å²) < 4.78 is 5.52. The minimum atomic E-state index is -0.376. The molecule has 0 bridgehead atoms. The Labute approximate surface area is 115 Å². The maximum absolute atomic E-state index is 11.7. The van der Waals surface area contributed by atoms with E-state index in [1.165, 1.54) is 0 Å². The van der Waals surface area contributed by atoms with E-state index in [0.29, 0.717) is 19.4 Å². The van der Waals surface area contributed by atoms with Crippen molar-refractivity contribution in [2.45, 2.75) is 46.1 Å². The summed E-state index contributed by atoms with van der Waals surface area (Å²) in [4.78, 5) is 16.9. The van der Waals surface area contributed by atoms with E-state index in [-0.39, 0.29) is 11.5 Å². The number of para-hydroxylation sites is 1. The Morgan fingerprint density at radius 1 is 1.26 bits per heavy atom. The van der Waals surface area contributed by atoms with Gasteiger partial charge in [0.05, 0.1) is 12.2 Å². The smallest absolute Gasteiger partial charge is 0.243 e. The number of aryl methyl sites for hydroxylation is 1. The van der Waals surface area contributed by atoms with Crippen molar-refractivity contribution in [3.63, 3.8) is 0 Å². The molecule has 0 heterocycles. The molecule has 4 nitrogen and oxygen atoms in total. The van der Waals surface area contributed by atoms with Gasteiger partial charge in [0.2, 0.25) is 5.91 Å². The van der Waals surface area contributed by atoms with E-state index in [0.717, 1.165) is 11.3 Å². The van der Waals surface area contributed by atoms with Crippen LogP contribution in [0.2, 0.25) is 0 Å². The zero-order chi connectivity index (χ0) is 14.3. The highest BCUT2D eigenvalue weighted by atomic mass is 16.7. The topological polar surface area (TPSA) is 47.6 Å². The van der Waals surface area contributed by atoms with Crippen molar-refractivity contribution >= 4 is 5.91 Å². The number of rotatable bonds is 6. The number of hydroxylamine groups is 1. The highest BCUT2D eigenvalue weighted by molar-refractivity contribution is 5.75. The van der Waals surface area contributed by atoms with E-state index in [9.17, 15) is 4.79 Å². The van der Waals surface area contributed by atoms with Crippen LogP contribution in [-0.4, -0.2) is 18.1 Å². The zero-order valence-electron chi connectivity index (χ0n) is 12.2. The van der Waals surface area contributed by atoms with Crippen LogP contribution in [0.15, 0.2) is 24.3 Å². The van der Waals surface area contributed by atoms with Crippen molar-refractivity contribution in [2.75, 3.05) is 6.61 Å². The normalized spacial score (nSPS) is 11.2. The summed E-state index contributed by atoms with van der Waals surface area (Å²) in [7, 11) is 0. The molecule has 1 aromatic carbocycles. The Morgan fingerprint density at radius 2 is 1.95 bits per heavy atom. The lowest BCUT2D eigenvalue weighted by atomic mass is 10.1. The SMILES string of the molecule is CCOc1ccccc1CCC(=O)NOC(C)(C)C. The van der Waals surface area contributed by atoms with Crippen molar-refractivity contribution in [1.82, 2.24) is 5.48 Å². The maximum Gasteiger partial charge on any atom is 0.243 e. The van der Waals surface area contributed by atoms with Crippen LogP contribution in [0.4, 0.5) is 0 Å². The highest BCUT2D eigenvalue weighted by Gasteiger charge is 2.13. The molecule has 1 aromatic rings. The molecular weight excluding hydrogens is 242 g/mol. The van der Waals surface area contributed by atoms with Crippen LogP contribution in [0.3, 0.4) is 0 Å². The Bertz CT molecular complexity index is 410. The molecule has 0 radical (unpaired) electrons. The molecule has 0 saturated carbocycles. The fourth-order valence-electron chi connectivity index (χ4n) is 1.52. The van der Waals surface area contributed by atoms with Crippen LogP contribution in [0.5, 0.6) is 5.75 Å². The van der Waals surface area contributed by atoms with Gasteiger partial charge in [0.1, 0.15) is 5.75 Å². The first kappa shape index (κ1) is 15.5. The second-order valence-corrected chi connectivity index (χ2v) is 5.28. The molecule has 0 saturated heterocycles. The second-order valence-electron chi connectivity index (χ2n) is 5.28. The number of ether oxygens (including phenoxy) is 1. The van der Waals surface area contributed by atoms with Gasteiger partial charge in [-0.25, -0.2) is 5.48 Å². The molecule has 4 heteroatoms. The van der Waals surface area contributed by atoms with Gasteiger partial charge in [-0.1, -0.05) is 18.2 Å². The van der Waals surface area contributed by atoms with E-state index >= 15 is 0 Å². The molecule has 1 rings (SSSR count). The van der Waals surface area contributed by atoms with Crippen LogP contribution >= 0.6 is 0 Å². The van der Waals surface area contributed by atoms with Crippen LogP contribution in [-0.2, 0) is 16.1 Å². The molecule has 0 fully saturated rings. The Kier molecular flexibility index (Phi) is 5.83. The van der Waals surface area contributed by atoms with Crippen molar-refractivity contribution in [1.29, 1.82) is 0 Å². The highest BCUT2D eigenvalue weighted by Crippen LogP contribution is 2.19. The molecule has 0 atom stereocenters. The van der Waals surface area contributed by atoms with Crippen LogP contribution in [0, 0.1) is 0 Å². The molecule has 1 amide bonds. The molecule has 0 aliphatic heterocycles. The first-order valence-electron chi connectivity index (χ1n) is 6.60. The summed E-state index contributed by atoms with van der Waals surface area (Å²) in [5, 5.41) is 0. The summed E-state index contributed by atoms with van der Waals surface area (Å²) >= 11 is 0. The van der Waals surface area contributed by atoms with Crippen molar-refractivity contribution in [2.24, 2.45) is 0 Å². The molecular formula is C15H23NO3. The summed E-state index contributed by atoms with van der Waals surface area (Å²) in [6.07, 6.45) is 1.01. The monoisotopic (exact) mass is 265 g/mol. The largest absolute Gasteiger partial charge is 0.494 e. The summed E-state index contributed by atoms with van der Waals surface area (Å²) in [6.45, 7) is 8.23. The quantitative estimate of drug-likeness (QED) is 0.805. The van der Waals surface area contributed by atoms with Gasteiger partial charge in [0.15, 0.2) is 0 Å². The summed E-state index contributed by atoms with van der Waals surface area (Å²) in [6, 6.07) is 7.77. The third kappa shape index (κ3) is 6.25. The van der Waals surface area contributed by atoms with Gasteiger partial charge in [-0.05, 0) is 45.7 Å². The molecule has 106 valence electrons. The van der Waals surface area contributed by atoms with E-state index in [4.69, 9.17) is 9.57 Å². The summed E-state index contributed by atoms with van der Waals surface area (Å²) in [5.41, 5.74) is 3.13. The number of benzene rings is 1. The Morgan fingerprint density at radius 3 is 2.58 bits per heavy atom. The van der Waals surface area contributed by atoms with E-state index < -0.39 is 0 Å². The average Bonchev–Trinajstić information content (AvgIpc) is 2.35. The van der Waals surface area contributed by atoms with Crippen LogP contribution < -0.4 is 10.2 Å². The summed E-state index contributed by atoms with van der Waals surface area (Å²) in [5.74, 6) is 0.718. The van der Waals surface area contributed by atoms with E-state index in [2.05, 4.69) is 5.48 Å². The number of hydrogen-bond donors (Lipinski definition) is 1. The third-order valence-electron chi connectivity index (χ3n) is 2.36. The minimum Gasteiger partial charge on any atom is -0.494 e. The molecule has 0 aromatic heterocycles. The number of carbonyl (C=O) groups excluding carboxylic acids is 1. The van der Waals surface area contributed by atoms with Crippen molar-refractivity contribution < 1.29 is 14.4 Å². The first-order valence-corrected chi connectivity index (χ1v) is 6.60.